The molecular weight excluding hydrogens is 286 g/mol. The highest BCUT2D eigenvalue weighted by atomic mass is 16.6. The average Bonchev–Trinajstić information content (AvgIpc) is 2.38. The van der Waals surface area contributed by atoms with Crippen LogP contribution in [-0.4, -0.2) is 28.9 Å². The zero-order chi connectivity index (χ0) is 16.8. The van der Waals surface area contributed by atoms with Crippen LogP contribution in [0.4, 0.5) is 10.5 Å². The lowest BCUT2D eigenvalue weighted by Crippen LogP contribution is -2.27. The minimum absolute atomic E-state index is 0.0940. The first-order valence-corrected chi connectivity index (χ1v) is 7.15. The molecule has 6 nitrogen and oxygen atoms in total. The first-order valence-electron chi connectivity index (χ1n) is 7.15. The fraction of sp³-hybridized carbons (Fsp3) is 0.500. The summed E-state index contributed by atoms with van der Waals surface area (Å²) in [5.74, 6) is -1.000. The predicted molar refractivity (Wildman–Crippen MR) is 82.8 cm³/mol. The molecule has 22 heavy (non-hydrogen) atoms. The van der Waals surface area contributed by atoms with Crippen LogP contribution in [0.5, 0.6) is 0 Å². The molecule has 0 saturated carbocycles. The lowest BCUT2D eigenvalue weighted by atomic mass is 10.2. The van der Waals surface area contributed by atoms with E-state index >= 15 is 0 Å². The molecule has 1 unspecified atom stereocenters. The van der Waals surface area contributed by atoms with Gasteiger partial charge in [0.25, 0.3) is 0 Å². The number of carbonyl (C=O) groups is 2. The van der Waals surface area contributed by atoms with Gasteiger partial charge >= 0.3 is 12.1 Å². The van der Waals surface area contributed by atoms with Crippen LogP contribution < -0.4 is 5.32 Å². The van der Waals surface area contributed by atoms with Gasteiger partial charge in [0.1, 0.15) is 5.60 Å². The molecule has 0 aromatic heterocycles. The summed E-state index contributed by atoms with van der Waals surface area (Å²) in [6, 6.07) is 7.04. The molecule has 2 N–H and O–H groups in total. The number of anilines is 1. The van der Waals surface area contributed by atoms with Crippen LogP contribution in [-0.2, 0) is 20.9 Å². The van der Waals surface area contributed by atoms with Crippen LogP contribution in [0.25, 0.3) is 0 Å². The number of rotatable bonds is 6. The SMILES string of the molecule is CCC(OCc1ccccc1NC(=O)OC(C)(C)C)C(=O)O. The third-order valence-electron chi connectivity index (χ3n) is 2.74. The third kappa shape index (κ3) is 6.13. The highest BCUT2D eigenvalue weighted by Gasteiger charge is 2.19. The Morgan fingerprint density at radius 1 is 1.27 bits per heavy atom. The maximum Gasteiger partial charge on any atom is 0.412 e. The first-order chi connectivity index (χ1) is 10.2. The van der Waals surface area contributed by atoms with Crippen molar-refractivity contribution in [1.29, 1.82) is 0 Å². The molecule has 1 atom stereocenters. The second kappa shape index (κ2) is 7.79. The van der Waals surface area contributed by atoms with Gasteiger partial charge in [0.05, 0.1) is 6.61 Å². The number of benzene rings is 1. The highest BCUT2D eigenvalue weighted by Crippen LogP contribution is 2.19. The molecule has 0 saturated heterocycles. The fourth-order valence-corrected chi connectivity index (χ4v) is 1.74. The topological polar surface area (TPSA) is 84.9 Å². The Bertz CT molecular complexity index is 522. The van der Waals surface area contributed by atoms with Crippen molar-refractivity contribution in [2.45, 2.75) is 52.4 Å². The molecule has 1 amide bonds. The summed E-state index contributed by atoms with van der Waals surface area (Å²) in [6.45, 7) is 7.17. The van der Waals surface area contributed by atoms with Crippen molar-refractivity contribution < 1.29 is 24.2 Å². The number of ether oxygens (including phenoxy) is 2. The summed E-state index contributed by atoms with van der Waals surface area (Å²) in [5.41, 5.74) is 0.636. The lowest BCUT2D eigenvalue weighted by Gasteiger charge is -2.20. The minimum Gasteiger partial charge on any atom is -0.479 e. The zero-order valence-electron chi connectivity index (χ0n) is 13.4. The number of carbonyl (C=O) groups excluding carboxylic acids is 1. The van der Waals surface area contributed by atoms with E-state index in [1.54, 1.807) is 52.0 Å². The summed E-state index contributed by atoms with van der Waals surface area (Å²) in [5, 5.41) is 11.6. The van der Waals surface area contributed by atoms with Crippen LogP contribution in [0, 0.1) is 0 Å². The van der Waals surface area contributed by atoms with Crippen molar-refractivity contribution in [3.8, 4) is 0 Å². The molecule has 6 heteroatoms. The van der Waals surface area contributed by atoms with Gasteiger partial charge in [-0.05, 0) is 33.3 Å². The standard InChI is InChI=1S/C16H23NO5/c1-5-13(14(18)19)21-10-11-8-6-7-9-12(11)17-15(20)22-16(2,3)4/h6-9,13H,5,10H2,1-4H3,(H,17,20)(H,18,19). The van der Waals surface area contributed by atoms with E-state index in [-0.39, 0.29) is 6.61 Å². The van der Waals surface area contributed by atoms with E-state index in [2.05, 4.69) is 5.32 Å². The van der Waals surface area contributed by atoms with Gasteiger partial charge in [0, 0.05) is 11.3 Å². The summed E-state index contributed by atoms with van der Waals surface area (Å²) in [4.78, 5) is 22.8. The maximum atomic E-state index is 11.8. The number of carboxylic acid groups (broad SMARTS) is 1. The summed E-state index contributed by atoms with van der Waals surface area (Å²) in [7, 11) is 0. The van der Waals surface area contributed by atoms with E-state index in [1.807, 2.05) is 0 Å². The highest BCUT2D eigenvalue weighted by molar-refractivity contribution is 5.85. The number of para-hydroxylation sites is 1. The third-order valence-corrected chi connectivity index (χ3v) is 2.74. The number of hydrogen-bond donors (Lipinski definition) is 2. The maximum absolute atomic E-state index is 11.8. The number of amides is 1. The van der Waals surface area contributed by atoms with Crippen molar-refractivity contribution in [2.75, 3.05) is 5.32 Å². The quantitative estimate of drug-likeness (QED) is 0.841. The van der Waals surface area contributed by atoms with E-state index in [0.717, 1.165) is 0 Å². The van der Waals surface area contributed by atoms with Crippen LogP contribution in [0.15, 0.2) is 24.3 Å². The van der Waals surface area contributed by atoms with Gasteiger partial charge < -0.3 is 14.6 Å². The molecule has 122 valence electrons. The van der Waals surface area contributed by atoms with Crippen molar-refractivity contribution in [3.63, 3.8) is 0 Å². The van der Waals surface area contributed by atoms with E-state index in [1.165, 1.54) is 0 Å². The van der Waals surface area contributed by atoms with E-state index in [9.17, 15) is 9.59 Å². The lowest BCUT2D eigenvalue weighted by molar-refractivity contribution is -0.151. The second-order valence-electron chi connectivity index (χ2n) is 5.83. The summed E-state index contributed by atoms with van der Waals surface area (Å²) < 4.78 is 10.6. The van der Waals surface area contributed by atoms with Gasteiger partial charge in [0.15, 0.2) is 6.10 Å². The Morgan fingerprint density at radius 2 is 1.91 bits per heavy atom. The zero-order valence-corrected chi connectivity index (χ0v) is 13.4. The van der Waals surface area contributed by atoms with Gasteiger partial charge in [-0.1, -0.05) is 25.1 Å². The van der Waals surface area contributed by atoms with Gasteiger partial charge in [-0.2, -0.15) is 0 Å². The molecule has 0 radical (unpaired) electrons. The number of aliphatic carboxylic acids is 1. The fourth-order valence-electron chi connectivity index (χ4n) is 1.74. The Balaban J connectivity index is 2.73. The molecule has 0 heterocycles. The molecule has 0 aliphatic carbocycles. The largest absolute Gasteiger partial charge is 0.479 e. The molecular formula is C16H23NO5. The van der Waals surface area contributed by atoms with Gasteiger partial charge in [-0.25, -0.2) is 9.59 Å². The van der Waals surface area contributed by atoms with E-state index in [4.69, 9.17) is 14.6 Å². The number of nitrogens with one attached hydrogen (secondary N) is 1. The molecule has 0 aliphatic rings. The van der Waals surface area contributed by atoms with Crippen LogP contribution in [0.3, 0.4) is 0 Å². The first kappa shape index (κ1) is 18.0. The second-order valence-corrected chi connectivity index (χ2v) is 5.83. The Hall–Kier alpha value is -2.08. The number of hydrogen-bond acceptors (Lipinski definition) is 4. The van der Waals surface area contributed by atoms with Crippen LogP contribution in [0.1, 0.15) is 39.7 Å². The van der Waals surface area contributed by atoms with Gasteiger partial charge in [0.2, 0.25) is 0 Å². The van der Waals surface area contributed by atoms with E-state index < -0.39 is 23.8 Å². The minimum atomic E-state index is -1.000. The molecule has 0 bridgehead atoms. The van der Waals surface area contributed by atoms with Crippen LogP contribution >= 0.6 is 0 Å². The number of carboxylic acids is 1. The molecule has 1 aromatic rings. The van der Waals surface area contributed by atoms with E-state index in [0.29, 0.717) is 17.7 Å². The molecule has 1 aromatic carbocycles. The van der Waals surface area contributed by atoms with Gasteiger partial charge in [-0.15, -0.1) is 0 Å². The summed E-state index contributed by atoms with van der Waals surface area (Å²) in [6.07, 6.45) is -1.06. The average molecular weight is 309 g/mol. The molecule has 1 rings (SSSR count). The predicted octanol–water partition coefficient (Wildman–Crippen LogP) is 3.41. The molecule has 0 aliphatic heterocycles. The van der Waals surface area contributed by atoms with Crippen molar-refractivity contribution in [2.24, 2.45) is 0 Å². The molecule has 0 fully saturated rings. The monoisotopic (exact) mass is 309 g/mol. The summed E-state index contributed by atoms with van der Waals surface area (Å²) >= 11 is 0. The van der Waals surface area contributed by atoms with Crippen LogP contribution in [0.2, 0.25) is 0 Å². The molecule has 0 spiro atoms. The Labute approximate surface area is 130 Å². The van der Waals surface area contributed by atoms with Crippen molar-refractivity contribution >= 4 is 17.7 Å². The Kier molecular flexibility index (Phi) is 6.37. The van der Waals surface area contributed by atoms with Crippen molar-refractivity contribution in [1.82, 2.24) is 0 Å². The smallest absolute Gasteiger partial charge is 0.412 e. The normalized spacial score (nSPS) is 12.5. The van der Waals surface area contributed by atoms with Gasteiger partial charge in [-0.3, -0.25) is 5.32 Å². The Morgan fingerprint density at radius 3 is 2.45 bits per heavy atom. The van der Waals surface area contributed by atoms with Crippen molar-refractivity contribution in [3.05, 3.63) is 29.8 Å².